The smallest absolute Gasteiger partial charge is 0.407 e. The fourth-order valence-electron chi connectivity index (χ4n) is 3.73. The highest BCUT2D eigenvalue weighted by Crippen LogP contribution is 2.48. The third-order valence-electron chi connectivity index (χ3n) is 5.41. The van der Waals surface area contributed by atoms with Crippen molar-refractivity contribution < 1.29 is 19.1 Å². The zero-order valence-electron chi connectivity index (χ0n) is 17.7. The van der Waals surface area contributed by atoms with Crippen LogP contribution in [0.2, 0.25) is 5.02 Å². The fourth-order valence-corrected chi connectivity index (χ4v) is 3.90. The Bertz CT molecular complexity index is 742. The van der Waals surface area contributed by atoms with Crippen molar-refractivity contribution in [3.63, 3.8) is 0 Å². The maximum atomic E-state index is 12.1. The van der Waals surface area contributed by atoms with Gasteiger partial charge in [-0.05, 0) is 63.6 Å². The molecule has 156 valence electrons. The van der Waals surface area contributed by atoms with Crippen molar-refractivity contribution in [3.8, 4) is 0 Å². The summed E-state index contributed by atoms with van der Waals surface area (Å²) in [4.78, 5) is 23.8. The van der Waals surface area contributed by atoms with Crippen molar-refractivity contribution in [2.75, 3.05) is 12.4 Å². The zero-order chi connectivity index (χ0) is 21.3. The number of rotatable bonds is 5. The van der Waals surface area contributed by atoms with Crippen molar-refractivity contribution >= 4 is 29.4 Å². The number of amides is 1. The molecular weight excluding hydrogens is 380 g/mol. The van der Waals surface area contributed by atoms with E-state index in [1.165, 1.54) is 7.11 Å². The number of esters is 1. The van der Waals surface area contributed by atoms with E-state index in [2.05, 4.69) is 31.4 Å². The van der Waals surface area contributed by atoms with Crippen molar-refractivity contribution in [3.05, 3.63) is 28.8 Å². The monoisotopic (exact) mass is 410 g/mol. The minimum absolute atomic E-state index is 0.0356. The maximum Gasteiger partial charge on any atom is 0.407 e. The topological polar surface area (TPSA) is 76.7 Å². The quantitative estimate of drug-likeness (QED) is 0.677. The number of nitrogens with one attached hydrogen (secondary N) is 2. The summed E-state index contributed by atoms with van der Waals surface area (Å²) >= 11 is 6.30. The summed E-state index contributed by atoms with van der Waals surface area (Å²) < 4.78 is 10.1. The number of anilines is 1. The van der Waals surface area contributed by atoms with Gasteiger partial charge in [-0.2, -0.15) is 0 Å². The first kappa shape index (κ1) is 22.3. The molecule has 0 bridgehead atoms. The molecule has 1 amide bonds. The van der Waals surface area contributed by atoms with Crippen LogP contribution in [0.1, 0.15) is 58.3 Å². The molecule has 1 aliphatic carbocycles. The van der Waals surface area contributed by atoms with Gasteiger partial charge in [-0.1, -0.05) is 25.4 Å². The minimum Gasteiger partial charge on any atom is -0.465 e. The highest BCUT2D eigenvalue weighted by Gasteiger charge is 2.51. The largest absolute Gasteiger partial charge is 0.465 e. The van der Waals surface area contributed by atoms with E-state index >= 15 is 0 Å². The summed E-state index contributed by atoms with van der Waals surface area (Å²) in [6.07, 6.45) is 0.438. The lowest BCUT2D eigenvalue weighted by molar-refractivity contribution is -0.00858. The van der Waals surface area contributed by atoms with Gasteiger partial charge in [-0.25, -0.2) is 9.59 Å². The Labute approximate surface area is 172 Å². The molecule has 0 aliphatic heterocycles. The van der Waals surface area contributed by atoms with Crippen LogP contribution in [-0.4, -0.2) is 36.9 Å². The lowest BCUT2D eigenvalue weighted by atomic mass is 9.56. The molecule has 1 fully saturated rings. The number of halogens is 1. The number of carbonyl (C=O) groups excluding carboxylic acids is 2. The van der Waals surface area contributed by atoms with E-state index in [9.17, 15) is 9.59 Å². The van der Waals surface area contributed by atoms with Crippen molar-refractivity contribution in [1.29, 1.82) is 0 Å². The number of benzene rings is 1. The van der Waals surface area contributed by atoms with E-state index < -0.39 is 17.7 Å². The molecule has 0 aromatic heterocycles. The molecule has 1 unspecified atom stereocenters. The molecule has 0 radical (unpaired) electrons. The SMILES string of the molecule is COC(=O)c1ccc(Cl)c(NC(C)[C@@H]2C[C@H](NC(=O)OC(C)(C)C)C2(C)C)c1. The second kappa shape index (κ2) is 8.19. The first-order valence-electron chi connectivity index (χ1n) is 9.49. The van der Waals surface area contributed by atoms with E-state index in [4.69, 9.17) is 21.1 Å². The first-order valence-corrected chi connectivity index (χ1v) is 9.87. The molecule has 1 aromatic rings. The van der Waals surface area contributed by atoms with Crippen molar-refractivity contribution in [1.82, 2.24) is 5.32 Å². The summed E-state index contributed by atoms with van der Waals surface area (Å²) in [5.41, 5.74) is 0.499. The number of carbonyl (C=O) groups is 2. The molecule has 7 heteroatoms. The average Bonchev–Trinajstić information content (AvgIpc) is 2.57. The first-order chi connectivity index (χ1) is 12.8. The lowest BCUT2D eigenvalue weighted by Crippen LogP contribution is -2.62. The molecule has 1 saturated carbocycles. The Kier molecular flexibility index (Phi) is 6.54. The number of hydrogen-bond donors (Lipinski definition) is 2. The molecular formula is C21H31ClN2O4. The van der Waals surface area contributed by atoms with Crippen LogP contribution in [0.4, 0.5) is 10.5 Å². The highest BCUT2D eigenvalue weighted by atomic mass is 35.5. The van der Waals surface area contributed by atoms with Crippen LogP contribution in [0.25, 0.3) is 0 Å². The summed E-state index contributed by atoms with van der Waals surface area (Å²) in [5.74, 6) is -0.0942. The van der Waals surface area contributed by atoms with Crippen LogP contribution >= 0.6 is 11.6 Å². The Morgan fingerprint density at radius 3 is 2.46 bits per heavy atom. The Balaban J connectivity index is 2.02. The molecule has 28 heavy (non-hydrogen) atoms. The van der Waals surface area contributed by atoms with Gasteiger partial charge < -0.3 is 20.1 Å². The second-order valence-electron chi connectivity index (χ2n) is 8.98. The third-order valence-corrected chi connectivity index (χ3v) is 5.74. The van der Waals surface area contributed by atoms with Gasteiger partial charge in [0.15, 0.2) is 0 Å². The van der Waals surface area contributed by atoms with Crippen LogP contribution in [0.3, 0.4) is 0 Å². The molecule has 1 aliphatic rings. The van der Waals surface area contributed by atoms with Gasteiger partial charge in [0.2, 0.25) is 0 Å². The summed E-state index contributed by atoms with van der Waals surface area (Å²) in [6.45, 7) is 11.9. The van der Waals surface area contributed by atoms with Gasteiger partial charge in [-0.3, -0.25) is 0 Å². The van der Waals surface area contributed by atoms with Gasteiger partial charge in [-0.15, -0.1) is 0 Å². The molecule has 6 nitrogen and oxygen atoms in total. The predicted molar refractivity (Wildman–Crippen MR) is 111 cm³/mol. The number of hydrogen-bond acceptors (Lipinski definition) is 5. The maximum absolute atomic E-state index is 12.1. The van der Waals surface area contributed by atoms with E-state index in [0.29, 0.717) is 22.2 Å². The van der Waals surface area contributed by atoms with E-state index in [1.54, 1.807) is 18.2 Å². The summed E-state index contributed by atoms with van der Waals surface area (Å²) in [6, 6.07) is 5.15. The van der Waals surface area contributed by atoms with Crippen molar-refractivity contribution in [2.24, 2.45) is 11.3 Å². The molecule has 0 heterocycles. The zero-order valence-corrected chi connectivity index (χ0v) is 18.4. The number of ether oxygens (including phenoxy) is 2. The number of methoxy groups -OCH3 is 1. The Hall–Kier alpha value is -1.95. The Morgan fingerprint density at radius 2 is 1.93 bits per heavy atom. The Morgan fingerprint density at radius 1 is 1.29 bits per heavy atom. The van der Waals surface area contributed by atoms with Gasteiger partial charge in [0, 0.05) is 12.1 Å². The van der Waals surface area contributed by atoms with E-state index in [0.717, 1.165) is 6.42 Å². The number of alkyl carbamates (subject to hydrolysis) is 1. The molecule has 3 atom stereocenters. The van der Waals surface area contributed by atoms with Gasteiger partial charge in [0.1, 0.15) is 5.60 Å². The van der Waals surface area contributed by atoms with Crippen LogP contribution in [0, 0.1) is 11.3 Å². The van der Waals surface area contributed by atoms with E-state index in [-0.39, 0.29) is 17.5 Å². The van der Waals surface area contributed by atoms with Gasteiger partial charge in [0.05, 0.1) is 23.4 Å². The van der Waals surface area contributed by atoms with E-state index in [1.807, 2.05) is 20.8 Å². The van der Waals surface area contributed by atoms with Crippen molar-refractivity contribution in [2.45, 2.75) is 65.6 Å². The lowest BCUT2D eigenvalue weighted by Gasteiger charge is -2.54. The summed E-state index contributed by atoms with van der Waals surface area (Å²) in [7, 11) is 1.35. The highest BCUT2D eigenvalue weighted by molar-refractivity contribution is 6.33. The third kappa shape index (κ3) is 5.10. The average molecular weight is 411 g/mol. The minimum atomic E-state index is -0.520. The van der Waals surface area contributed by atoms with Crippen LogP contribution < -0.4 is 10.6 Å². The standard InChI is InChI=1S/C21H31ClN2O4/c1-12(23-16-10-13(18(25)27-7)8-9-15(16)22)14-11-17(21(14,5)6)24-19(26)28-20(2,3)4/h8-10,12,14,17,23H,11H2,1-7H3,(H,24,26)/t12?,14-,17-/m0/s1. The molecule has 1 aromatic carbocycles. The fraction of sp³-hybridized carbons (Fsp3) is 0.619. The second-order valence-corrected chi connectivity index (χ2v) is 9.39. The van der Waals surface area contributed by atoms with Gasteiger partial charge in [0.25, 0.3) is 0 Å². The van der Waals surface area contributed by atoms with Crippen LogP contribution in [0.15, 0.2) is 18.2 Å². The predicted octanol–water partition coefficient (Wildman–Crippen LogP) is 4.87. The van der Waals surface area contributed by atoms with Crippen LogP contribution in [0.5, 0.6) is 0 Å². The molecule has 0 saturated heterocycles. The van der Waals surface area contributed by atoms with Crippen LogP contribution in [-0.2, 0) is 9.47 Å². The summed E-state index contributed by atoms with van der Waals surface area (Å²) in [5, 5.41) is 6.94. The molecule has 2 rings (SSSR count). The molecule has 0 spiro atoms. The van der Waals surface area contributed by atoms with Gasteiger partial charge >= 0.3 is 12.1 Å². The molecule has 2 N–H and O–H groups in total. The normalized spacial score (nSPS) is 21.9.